The van der Waals surface area contributed by atoms with Crippen molar-refractivity contribution in [2.45, 2.75) is 12.2 Å². The molecule has 0 aliphatic carbocycles. The number of methoxy groups -OCH3 is 3. The highest BCUT2D eigenvalue weighted by molar-refractivity contribution is 9.10. The number of halogens is 1. The molecule has 0 unspecified atom stereocenters. The number of esters is 2. The van der Waals surface area contributed by atoms with E-state index < -0.39 is 36.0 Å². The van der Waals surface area contributed by atoms with Crippen molar-refractivity contribution >= 4 is 45.4 Å². The second-order valence-corrected chi connectivity index (χ2v) is 8.70. The number of aliphatic carboxylic acids is 1. The fourth-order valence-corrected chi connectivity index (χ4v) is 3.70. The maximum absolute atomic E-state index is 13.4. The van der Waals surface area contributed by atoms with Gasteiger partial charge in [-0.3, -0.25) is 4.79 Å². The number of anilines is 1. The number of benzene rings is 3. The summed E-state index contributed by atoms with van der Waals surface area (Å²) in [7, 11) is 4.15. The number of nitrogens with one attached hydrogen (secondary N) is 1. The molecule has 0 saturated heterocycles. The number of hydrogen-bond acceptors (Lipinski definition) is 9. The first-order valence-corrected chi connectivity index (χ1v) is 12.0. The van der Waals surface area contributed by atoms with E-state index in [0.717, 1.165) is 0 Å². The van der Waals surface area contributed by atoms with Crippen LogP contribution in [0.4, 0.5) is 5.69 Å². The van der Waals surface area contributed by atoms with Gasteiger partial charge in [0.2, 0.25) is 12.2 Å². The summed E-state index contributed by atoms with van der Waals surface area (Å²) in [5, 5.41) is 12.4. The third kappa shape index (κ3) is 7.48. The van der Waals surface area contributed by atoms with Crippen molar-refractivity contribution in [3.05, 3.63) is 82.3 Å². The van der Waals surface area contributed by atoms with Gasteiger partial charge in [-0.25, -0.2) is 14.4 Å². The Labute approximate surface area is 231 Å². The molecule has 0 spiro atoms. The Hall–Kier alpha value is -4.58. The molecule has 1 amide bonds. The zero-order chi connectivity index (χ0) is 28.5. The molecule has 0 heterocycles. The number of carboxylic acid groups (broad SMARTS) is 1. The van der Waals surface area contributed by atoms with Crippen LogP contribution in [0.2, 0.25) is 0 Å². The summed E-state index contributed by atoms with van der Waals surface area (Å²) in [6.45, 7) is 0. The van der Waals surface area contributed by atoms with E-state index in [1.165, 1.54) is 63.8 Å². The van der Waals surface area contributed by atoms with Crippen LogP contribution in [0.25, 0.3) is 0 Å². The quantitative estimate of drug-likeness (QED) is 0.309. The lowest BCUT2D eigenvalue weighted by Gasteiger charge is -2.24. The van der Waals surface area contributed by atoms with Crippen LogP contribution in [0, 0.1) is 0 Å². The standard InChI is InChI=1S/C27H24BrNO10/c1-35-18-8-4-6-15(12-18)26(33)38-22(24(30)29-20-14-17(28)10-11-21(20)37-3)23(25(31)32)39-27(34)16-7-5-9-19(13-16)36-2/h4-14,22-23H,1-3H3,(H,29,30)(H,31,32)/t22-,23+/m0/s1. The van der Waals surface area contributed by atoms with Gasteiger partial charge >= 0.3 is 17.9 Å². The first-order chi connectivity index (χ1) is 18.7. The normalized spacial score (nSPS) is 11.9. The highest BCUT2D eigenvalue weighted by Crippen LogP contribution is 2.29. The molecule has 0 fully saturated rings. The summed E-state index contributed by atoms with van der Waals surface area (Å²) in [5.41, 5.74) is 0.0607. The predicted molar refractivity (Wildman–Crippen MR) is 141 cm³/mol. The van der Waals surface area contributed by atoms with Gasteiger partial charge in [-0.05, 0) is 54.6 Å². The van der Waals surface area contributed by atoms with Crippen molar-refractivity contribution in [2.24, 2.45) is 0 Å². The van der Waals surface area contributed by atoms with E-state index in [1.807, 2.05) is 0 Å². The Morgan fingerprint density at radius 1 is 0.744 bits per heavy atom. The highest BCUT2D eigenvalue weighted by Gasteiger charge is 2.41. The maximum Gasteiger partial charge on any atom is 0.349 e. The molecular formula is C27H24BrNO10. The van der Waals surface area contributed by atoms with Crippen molar-refractivity contribution in [3.8, 4) is 17.2 Å². The molecule has 3 rings (SSSR count). The van der Waals surface area contributed by atoms with Gasteiger partial charge in [-0.2, -0.15) is 0 Å². The van der Waals surface area contributed by atoms with Gasteiger partial charge in [0, 0.05) is 4.47 Å². The second-order valence-electron chi connectivity index (χ2n) is 7.79. The molecule has 0 saturated carbocycles. The molecule has 39 heavy (non-hydrogen) atoms. The van der Waals surface area contributed by atoms with Gasteiger partial charge in [-0.1, -0.05) is 28.1 Å². The van der Waals surface area contributed by atoms with Gasteiger partial charge in [0.1, 0.15) is 17.2 Å². The van der Waals surface area contributed by atoms with Crippen LogP contribution in [-0.4, -0.2) is 62.5 Å². The molecule has 0 aliphatic rings. The Kier molecular flexibility index (Phi) is 9.87. The summed E-state index contributed by atoms with van der Waals surface area (Å²) in [5.74, 6) is -4.08. The molecule has 204 valence electrons. The Morgan fingerprint density at radius 3 is 1.77 bits per heavy atom. The van der Waals surface area contributed by atoms with E-state index in [4.69, 9.17) is 23.7 Å². The minimum absolute atomic E-state index is 0.0320. The van der Waals surface area contributed by atoms with Crippen molar-refractivity contribution in [1.29, 1.82) is 0 Å². The first kappa shape index (κ1) is 29.0. The van der Waals surface area contributed by atoms with Crippen LogP contribution in [-0.2, 0) is 19.1 Å². The summed E-state index contributed by atoms with van der Waals surface area (Å²) in [6.07, 6.45) is -4.34. The van der Waals surface area contributed by atoms with E-state index in [9.17, 15) is 24.3 Å². The zero-order valence-corrected chi connectivity index (χ0v) is 22.6. The second kappa shape index (κ2) is 13.3. The van der Waals surface area contributed by atoms with Gasteiger partial charge < -0.3 is 34.1 Å². The van der Waals surface area contributed by atoms with E-state index in [2.05, 4.69) is 21.2 Å². The van der Waals surface area contributed by atoms with E-state index >= 15 is 0 Å². The number of carbonyl (C=O) groups excluding carboxylic acids is 3. The number of amides is 1. The molecule has 0 aromatic heterocycles. The Bertz CT molecular complexity index is 1380. The van der Waals surface area contributed by atoms with Crippen molar-refractivity contribution < 1.29 is 48.0 Å². The van der Waals surface area contributed by atoms with Crippen molar-refractivity contribution in [1.82, 2.24) is 0 Å². The lowest BCUT2D eigenvalue weighted by molar-refractivity contribution is -0.157. The molecule has 12 heteroatoms. The molecule has 0 aliphatic heterocycles. The number of hydrogen-bond donors (Lipinski definition) is 2. The van der Waals surface area contributed by atoms with Crippen LogP contribution < -0.4 is 19.5 Å². The van der Waals surface area contributed by atoms with E-state index in [-0.39, 0.29) is 22.6 Å². The minimum Gasteiger partial charge on any atom is -0.497 e. The van der Waals surface area contributed by atoms with Crippen LogP contribution in [0.15, 0.2) is 71.2 Å². The molecule has 3 aromatic carbocycles. The first-order valence-electron chi connectivity index (χ1n) is 11.2. The molecule has 11 nitrogen and oxygen atoms in total. The fourth-order valence-electron chi connectivity index (χ4n) is 3.34. The Morgan fingerprint density at radius 2 is 1.28 bits per heavy atom. The average Bonchev–Trinajstić information content (AvgIpc) is 2.94. The molecule has 2 N–H and O–H groups in total. The fraction of sp³-hybridized carbons (Fsp3) is 0.185. The summed E-state index contributed by atoms with van der Waals surface area (Å²) in [4.78, 5) is 51.5. The van der Waals surface area contributed by atoms with Crippen LogP contribution in [0.1, 0.15) is 20.7 Å². The molecule has 0 radical (unpaired) electrons. The molecule has 0 bridgehead atoms. The number of carboxylic acids is 1. The van der Waals surface area contributed by atoms with Gasteiger partial charge in [0.05, 0.1) is 38.1 Å². The lowest BCUT2D eigenvalue weighted by atomic mass is 10.1. The maximum atomic E-state index is 13.4. The monoisotopic (exact) mass is 601 g/mol. The number of rotatable bonds is 11. The predicted octanol–water partition coefficient (Wildman–Crippen LogP) is 3.95. The largest absolute Gasteiger partial charge is 0.497 e. The van der Waals surface area contributed by atoms with Crippen molar-refractivity contribution in [2.75, 3.05) is 26.6 Å². The van der Waals surface area contributed by atoms with Crippen LogP contribution in [0.3, 0.4) is 0 Å². The topological polar surface area (TPSA) is 147 Å². The highest BCUT2D eigenvalue weighted by atomic mass is 79.9. The summed E-state index contributed by atoms with van der Waals surface area (Å²) in [6, 6.07) is 16.3. The van der Waals surface area contributed by atoms with Gasteiger partial charge in [0.15, 0.2) is 0 Å². The average molecular weight is 602 g/mol. The minimum atomic E-state index is -2.23. The van der Waals surface area contributed by atoms with Crippen molar-refractivity contribution in [3.63, 3.8) is 0 Å². The zero-order valence-electron chi connectivity index (χ0n) is 21.0. The summed E-state index contributed by atoms with van der Waals surface area (Å²) < 4.78 is 26.5. The molecule has 2 atom stereocenters. The number of carbonyl (C=O) groups is 4. The molecule has 3 aromatic rings. The van der Waals surface area contributed by atoms with Crippen LogP contribution in [0.5, 0.6) is 17.2 Å². The summed E-state index contributed by atoms with van der Waals surface area (Å²) >= 11 is 3.28. The van der Waals surface area contributed by atoms with E-state index in [0.29, 0.717) is 16.0 Å². The van der Waals surface area contributed by atoms with Crippen LogP contribution >= 0.6 is 15.9 Å². The third-order valence-corrected chi connectivity index (χ3v) is 5.77. The Balaban J connectivity index is 1.97. The SMILES string of the molecule is COc1cccc(C(=O)O[C@H](C(=O)Nc2cc(Br)ccc2OC)[C@@H](OC(=O)c2cccc(OC)c2)C(=O)O)c1. The molecular weight excluding hydrogens is 578 g/mol. The smallest absolute Gasteiger partial charge is 0.349 e. The van der Waals surface area contributed by atoms with Gasteiger partial charge in [-0.15, -0.1) is 0 Å². The van der Waals surface area contributed by atoms with Gasteiger partial charge in [0.25, 0.3) is 5.91 Å². The number of ether oxygens (including phenoxy) is 5. The van der Waals surface area contributed by atoms with E-state index in [1.54, 1.807) is 24.3 Å². The third-order valence-electron chi connectivity index (χ3n) is 5.28. The lowest BCUT2D eigenvalue weighted by Crippen LogP contribution is -2.48.